The van der Waals surface area contributed by atoms with Crippen LogP contribution in [0.3, 0.4) is 0 Å². The number of benzene rings is 2. The quantitative estimate of drug-likeness (QED) is 0.724. The molecule has 0 aliphatic carbocycles. The molecule has 24 heavy (non-hydrogen) atoms. The van der Waals surface area contributed by atoms with Gasteiger partial charge in [0.05, 0.1) is 10.6 Å². The number of nitrogens with zero attached hydrogens (tertiary/aromatic N) is 1. The maximum atomic E-state index is 13.8. The van der Waals surface area contributed by atoms with Crippen LogP contribution in [-0.4, -0.2) is 32.7 Å². The van der Waals surface area contributed by atoms with Crippen LogP contribution < -0.4 is 5.32 Å². The van der Waals surface area contributed by atoms with Crippen molar-refractivity contribution in [3.63, 3.8) is 0 Å². The second-order valence-corrected chi connectivity index (χ2v) is 8.90. The van der Waals surface area contributed by atoms with Gasteiger partial charge in [0, 0.05) is 28.6 Å². The Morgan fingerprint density at radius 2 is 1.79 bits per heavy atom. The van der Waals surface area contributed by atoms with Crippen LogP contribution in [0, 0.1) is 5.82 Å². The molecular formula is C15H13Br2FN2O3S. The zero-order chi connectivity index (χ0) is 18.1. The molecule has 0 atom stereocenters. The van der Waals surface area contributed by atoms with Gasteiger partial charge in [-0.25, -0.2) is 17.1 Å². The maximum absolute atomic E-state index is 13.8. The van der Waals surface area contributed by atoms with Gasteiger partial charge in [0.2, 0.25) is 10.0 Å². The minimum Gasteiger partial charge on any atom is -0.319 e. The molecule has 1 N–H and O–H groups in total. The van der Waals surface area contributed by atoms with E-state index in [1.165, 1.54) is 44.4 Å². The van der Waals surface area contributed by atoms with Crippen LogP contribution >= 0.6 is 31.9 Å². The van der Waals surface area contributed by atoms with E-state index in [-0.39, 0.29) is 16.1 Å². The lowest BCUT2D eigenvalue weighted by Gasteiger charge is -2.14. The fourth-order valence-corrected chi connectivity index (χ4v) is 4.00. The average Bonchev–Trinajstić information content (AvgIpc) is 2.50. The van der Waals surface area contributed by atoms with E-state index < -0.39 is 21.7 Å². The molecule has 9 heteroatoms. The van der Waals surface area contributed by atoms with Crippen molar-refractivity contribution >= 4 is 53.5 Å². The monoisotopic (exact) mass is 478 g/mol. The molecule has 2 aromatic carbocycles. The minimum absolute atomic E-state index is 0.00290. The fraction of sp³-hybridized carbons (Fsp3) is 0.133. The van der Waals surface area contributed by atoms with Gasteiger partial charge in [0.1, 0.15) is 5.82 Å². The van der Waals surface area contributed by atoms with Gasteiger partial charge < -0.3 is 5.32 Å². The third-order valence-corrected chi connectivity index (χ3v) is 6.43. The second-order valence-electron chi connectivity index (χ2n) is 5.01. The summed E-state index contributed by atoms with van der Waals surface area (Å²) in [5.41, 5.74) is 0.101. The van der Waals surface area contributed by atoms with Crippen molar-refractivity contribution in [2.75, 3.05) is 19.4 Å². The Bertz CT molecular complexity index is 902. The van der Waals surface area contributed by atoms with Gasteiger partial charge in [0.25, 0.3) is 5.91 Å². The van der Waals surface area contributed by atoms with Gasteiger partial charge in [0.15, 0.2) is 0 Å². The highest BCUT2D eigenvalue weighted by Gasteiger charge is 2.22. The van der Waals surface area contributed by atoms with Crippen molar-refractivity contribution in [1.82, 2.24) is 4.31 Å². The van der Waals surface area contributed by atoms with Crippen LogP contribution in [0.5, 0.6) is 0 Å². The first-order valence-corrected chi connectivity index (χ1v) is 9.64. The lowest BCUT2D eigenvalue weighted by molar-refractivity contribution is 0.102. The first kappa shape index (κ1) is 19.0. The zero-order valence-corrected chi connectivity index (χ0v) is 16.7. The van der Waals surface area contributed by atoms with E-state index in [2.05, 4.69) is 37.2 Å². The zero-order valence-electron chi connectivity index (χ0n) is 12.7. The normalized spacial score (nSPS) is 11.6. The molecule has 0 heterocycles. The molecule has 128 valence electrons. The van der Waals surface area contributed by atoms with Crippen molar-refractivity contribution in [1.29, 1.82) is 0 Å². The van der Waals surface area contributed by atoms with Crippen molar-refractivity contribution in [3.8, 4) is 0 Å². The smallest absolute Gasteiger partial charge is 0.255 e. The number of nitrogens with one attached hydrogen (secondary N) is 1. The Hall–Kier alpha value is -1.29. The highest BCUT2D eigenvalue weighted by molar-refractivity contribution is 9.10. The summed E-state index contributed by atoms with van der Waals surface area (Å²) in [6.07, 6.45) is 0. The van der Waals surface area contributed by atoms with Crippen LogP contribution in [0.2, 0.25) is 0 Å². The highest BCUT2D eigenvalue weighted by atomic mass is 79.9. The molecule has 2 rings (SSSR count). The molecule has 5 nitrogen and oxygen atoms in total. The van der Waals surface area contributed by atoms with Gasteiger partial charge in [-0.3, -0.25) is 4.79 Å². The van der Waals surface area contributed by atoms with Crippen molar-refractivity contribution in [2.45, 2.75) is 4.90 Å². The van der Waals surface area contributed by atoms with E-state index in [4.69, 9.17) is 0 Å². The molecule has 0 radical (unpaired) electrons. The summed E-state index contributed by atoms with van der Waals surface area (Å²) in [5, 5.41) is 2.42. The lowest BCUT2D eigenvalue weighted by atomic mass is 10.2. The molecule has 0 aliphatic rings. The van der Waals surface area contributed by atoms with E-state index >= 15 is 0 Å². The third kappa shape index (κ3) is 4.02. The van der Waals surface area contributed by atoms with Crippen LogP contribution in [0.4, 0.5) is 10.1 Å². The van der Waals surface area contributed by atoms with Crippen LogP contribution in [0.1, 0.15) is 10.4 Å². The SMILES string of the molecule is CN(C)S(=O)(=O)c1cc(C(=O)Nc2ccc(Br)cc2F)ccc1Br. The van der Waals surface area contributed by atoms with Gasteiger partial charge in [-0.2, -0.15) is 0 Å². The predicted octanol–water partition coefficient (Wildman–Crippen LogP) is 3.85. The molecule has 2 aromatic rings. The first-order chi connectivity index (χ1) is 11.1. The van der Waals surface area contributed by atoms with Gasteiger partial charge in [-0.05, 0) is 52.3 Å². The molecule has 1 amide bonds. The van der Waals surface area contributed by atoms with E-state index in [9.17, 15) is 17.6 Å². The Kier molecular flexibility index (Phi) is 5.79. The van der Waals surface area contributed by atoms with Crippen molar-refractivity contribution in [2.24, 2.45) is 0 Å². The summed E-state index contributed by atoms with van der Waals surface area (Å²) in [5.74, 6) is -1.21. The summed E-state index contributed by atoms with van der Waals surface area (Å²) in [7, 11) is -0.935. The Morgan fingerprint density at radius 3 is 2.38 bits per heavy atom. The number of hydrogen-bond donors (Lipinski definition) is 1. The Labute approximate surface area is 156 Å². The summed E-state index contributed by atoms with van der Waals surface area (Å²) in [6.45, 7) is 0. The van der Waals surface area contributed by atoms with E-state index in [1.54, 1.807) is 6.07 Å². The number of amides is 1. The van der Waals surface area contributed by atoms with Crippen molar-refractivity contribution < 1.29 is 17.6 Å². The number of carbonyl (C=O) groups is 1. The van der Waals surface area contributed by atoms with E-state index in [0.717, 1.165) is 4.31 Å². The van der Waals surface area contributed by atoms with E-state index in [0.29, 0.717) is 8.95 Å². The largest absolute Gasteiger partial charge is 0.319 e. The first-order valence-electron chi connectivity index (χ1n) is 6.61. The molecular weight excluding hydrogens is 467 g/mol. The minimum atomic E-state index is -3.72. The second kappa shape index (κ2) is 7.30. The van der Waals surface area contributed by atoms with Gasteiger partial charge in [-0.15, -0.1) is 0 Å². The standard InChI is InChI=1S/C15H13Br2FN2O3S/c1-20(2)24(22,23)14-7-9(3-5-11(14)17)15(21)19-13-6-4-10(16)8-12(13)18/h3-8H,1-2H3,(H,19,21). The molecule has 0 aliphatic heterocycles. The lowest BCUT2D eigenvalue weighted by Crippen LogP contribution is -2.23. The molecule has 0 unspecified atom stereocenters. The summed E-state index contributed by atoms with van der Waals surface area (Å²) < 4.78 is 40.3. The van der Waals surface area contributed by atoms with Gasteiger partial charge >= 0.3 is 0 Å². The van der Waals surface area contributed by atoms with Crippen LogP contribution in [0.25, 0.3) is 0 Å². The molecule has 0 spiro atoms. The van der Waals surface area contributed by atoms with Crippen LogP contribution in [0.15, 0.2) is 50.2 Å². The molecule has 0 fully saturated rings. The predicted molar refractivity (Wildman–Crippen MR) is 97.1 cm³/mol. The number of hydrogen-bond acceptors (Lipinski definition) is 3. The van der Waals surface area contributed by atoms with Crippen molar-refractivity contribution in [3.05, 3.63) is 56.7 Å². The number of carbonyl (C=O) groups excluding carboxylic acids is 1. The highest BCUT2D eigenvalue weighted by Crippen LogP contribution is 2.26. The number of rotatable bonds is 4. The summed E-state index contributed by atoms with van der Waals surface area (Å²) in [4.78, 5) is 12.3. The summed E-state index contributed by atoms with van der Waals surface area (Å²) >= 11 is 6.30. The average molecular weight is 480 g/mol. The molecule has 0 saturated carbocycles. The summed E-state index contributed by atoms with van der Waals surface area (Å²) in [6, 6.07) is 8.37. The van der Waals surface area contributed by atoms with E-state index in [1.807, 2.05) is 0 Å². The Morgan fingerprint density at radius 1 is 1.12 bits per heavy atom. The third-order valence-electron chi connectivity index (χ3n) is 3.13. The molecule has 0 aromatic heterocycles. The van der Waals surface area contributed by atoms with Crippen LogP contribution in [-0.2, 0) is 10.0 Å². The number of halogens is 3. The number of anilines is 1. The number of sulfonamides is 1. The fourth-order valence-electron chi connectivity index (χ4n) is 1.82. The molecule has 0 bridgehead atoms. The molecule has 0 saturated heterocycles. The van der Waals surface area contributed by atoms with Gasteiger partial charge in [-0.1, -0.05) is 15.9 Å². The maximum Gasteiger partial charge on any atom is 0.255 e. The topological polar surface area (TPSA) is 66.5 Å². The Balaban J connectivity index is 2.37.